The van der Waals surface area contributed by atoms with Crippen molar-refractivity contribution in [2.75, 3.05) is 33.1 Å². The normalized spacial score (nSPS) is 22.4. The highest BCUT2D eigenvalue weighted by atomic mass is 32.2. The molecule has 2 aliphatic carbocycles. The number of amides is 1. The molecule has 3 aliphatic rings. The lowest BCUT2D eigenvalue weighted by atomic mass is 9.55. The van der Waals surface area contributed by atoms with Gasteiger partial charge < -0.3 is 34.2 Å². The fourth-order valence-electron chi connectivity index (χ4n) is 10.1. The number of thioether (sulfide) groups is 1. The van der Waals surface area contributed by atoms with Crippen molar-refractivity contribution in [2.24, 2.45) is 22.9 Å². The smallest absolute Gasteiger partial charge is 0.269 e. The van der Waals surface area contributed by atoms with Crippen LogP contribution in [-0.4, -0.2) is 76.6 Å². The fraction of sp³-hybridized carbons (Fsp3) is 0.358. The molecule has 1 saturated carbocycles. The van der Waals surface area contributed by atoms with Crippen LogP contribution in [0.5, 0.6) is 17.2 Å². The van der Waals surface area contributed by atoms with Gasteiger partial charge in [0.15, 0.2) is 0 Å². The van der Waals surface area contributed by atoms with E-state index in [1.165, 1.54) is 12.1 Å². The molecule has 1 aliphatic heterocycles. The average Bonchev–Trinajstić information content (AvgIpc) is 3.34. The minimum Gasteiger partial charge on any atom is -0.459 e. The lowest BCUT2D eigenvalue weighted by molar-refractivity contribution is -0.384. The lowest BCUT2D eigenvalue weighted by Gasteiger charge is -2.59. The van der Waals surface area contributed by atoms with Crippen molar-refractivity contribution < 1.29 is 39.0 Å². The Morgan fingerprint density at radius 1 is 0.939 bits per heavy atom. The second-order valence-electron chi connectivity index (χ2n) is 17.2. The number of aliphatic hydroxyl groups excluding tert-OH is 2. The number of carbonyl (C=O) groups is 1. The Hall–Kier alpha value is -5.99. The Morgan fingerprint density at radius 2 is 1.67 bits per heavy atom. The topological polar surface area (TPSA) is 153 Å². The monoisotopic (exact) mass is 911 g/mol. The number of allylic oxidation sites excluding steroid dienone is 1. The van der Waals surface area contributed by atoms with E-state index in [9.17, 15) is 25.1 Å². The second kappa shape index (κ2) is 21.1. The maximum Gasteiger partial charge on any atom is 0.269 e. The van der Waals surface area contributed by atoms with E-state index in [2.05, 4.69) is 18.7 Å². The van der Waals surface area contributed by atoms with Crippen LogP contribution in [0.1, 0.15) is 72.3 Å². The van der Waals surface area contributed by atoms with Gasteiger partial charge in [0, 0.05) is 60.8 Å². The van der Waals surface area contributed by atoms with E-state index in [1.54, 1.807) is 41.9 Å². The van der Waals surface area contributed by atoms with Crippen LogP contribution in [0.4, 0.5) is 5.69 Å². The largest absolute Gasteiger partial charge is 0.459 e. The van der Waals surface area contributed by atoms with E-state index >= 15 is 0 Å². The number of non-ortho nitro benzene ring substituents is 1. The van der Waals surface area contributed by atoms with Gasteiger partial charge in [-0.25, -0.2) is 0 Å². The van der Waals surface area contributed by atoms with Crippen LogP contribution in [0.2, 0.25) is 0 Å². The Labute approximate surface area is 390 Å². The fourth-order valence-corrected chi connectivity index (χ4v) is 10.5. The molecule has 0 unspecified atom stereocenters. The number of hydrogen-bond acceptors (Lipinski definition) is 11. The van der Waals surface area contributed by atoms with Gasteiger partial charge in [-0.2, -0.15) is 0 Å². The third kappa shape index (κ3) is 9.76. The van der Waals surface area contributed by atoms with Gasteiger partial charge in [-0.15, -0.1) is 18.3 Å². The summed E-state index contributed by atoms with van der Waals surface area (Å²) in [5.41, 5.74) is 3.68. The summed E-state index contributed by atoms with van der Waals surface area (Å²) in [7, 11) is 1.79. The molecule has 0 bridgehead atoms. The zero-order valence-electron chi connectivity index (χ0n) is 37.4. The van der Waals surface area contributed by atoms with Gasteiger partial charge in [0.2, 0.25) is 5.79 Å². The first-order valence-corrected chi connectivity index (χ1v) is 23.9. The van der Waals surface area contributed by atoms with E-state index in [0.29, 0.717) is 46.9 Å². The van der Waals surface area contributed by atoms with Crippen molar-refractivity contribution in [1.29, 1.82) is 0 Å². The van der Waals surface area contributed by atoms with Crippen LogP contribution >= 0.6 is 11.8 Å². The molecule has 0 aromatic heterocycles. The summed E-state index contributed by atoms with van der Waals surface area (Å²) in [6.07, 6.45) is 10.7. The Kier molecular flexibility index (Phi) is 14.9. The van der Waals surface area contributed by atoms with Crippen LogP contribution < -0.4 is 9.47 Å². The van der Waals surface area contributed by atoms with E-state index < -0.39 is 22.7 Å². The van der Waals surface area contributed by atoms with Gasteiger partial charge in [-0.3, -0.25) is 14.9 Å². The standard InChI is InChI=1S/C53H57N3O9S/c1-4-29-62-53-49(55(2)52(59)39-18-17-36-11-5-6-12-37(36)30-39)33-47(54-63-34-35-15-19-40(20-16-35)56(60)61)45-31-38(13-7-9-27-57)44(14-8-10-28-58)50(51(45)53)46-32-42(23-26-48(46)65-53)64-41-21-24-43(66-3)25-22-41/h4-6,11-12,15-26,30-32,38,44,49-51,57-58H,1,7-10,13-14,27-29,33-34H2,2-3H3/t38-,44+,49-,50+,51+,53+/m0/s1. The van der Waals surface area contributed by atoms with Crippen molar-refractivity contribution in [1.82, 2.24) is 4.90 Å². The molecule has 0 spiro atoms. The van der Waals surface area contributed by atoms with Crippen molar-refractivity contribution in [2.45, 2.75) is 74.2 Å². The van der Waals surface area contributed by atoms with Crippen LogP contribution in [0.15, 0.2) is 144 Å². The molecule has 344 valence electrons. The molecule has 1 heterocycles. The summed E-state index contributed by atoms with van der Waals surface area (Å²) in [4.78, 5) is 34.9. The molecule has 12 nitrogen and oxygen atoms in total. The number of fused-ring (bicyclic) bond motifs is 3. The molecule has 0 radical (unpaired) electrons. The van der Waals surface area contributed by atoms with Gasteiger partial charge in [0.25, 0.3) is 11.6 Å². The molecule has 2 N–H and O–H groups in total. The number of carbonyl (C=O) groups excluding carboxylic acids is 1. The van der Waals surface area contributed by atoms with E-state index in [4.69, 9.17) is 24.2 Å². The van der Waals surface area contributed by atoms with Crippen molar-refractivity contribution >= 4 is 39.8 Å². The highest BCUT2D eigenvalue weighted by Crippen LogP contribution is 2.62. The van der Waals surface area contributed by atoms with Gasteiger partial charge in [-0.05, 0) is 132 Å². The molecule has 6 atom stereocenters. The Morgan fingerprint density at radius 3 is 2.38 bits per heavy atom. The third-order valence-electron chi connectivity index (χ3n) is 13.3. The van der Waals surface area contributed by atoms with Crippen molar-refractivity contribution in [3.63, 3.8) is 0 Å². The molecule has 13 heteroatoms. The minimum absolute atomic E-state index is 0.0195. The SMILES string of the molecule is C=CCO[C@@]12Oc3ccc(Oc4ccc(SC)cc4)cc3[C@H]3[C@H](CCCCO)[C@@H](CCCCO)C=C(C(=NOCc4ccc([N+](=O)[O-])cc4)C[C@@H]1N(C)C(=O)c1ccc4ccccc4c1)[C@H]32. The summed E-state index contributed by atoms with van der Waals surface area (Å²) in [6.45, 7) is 4.38. The Balaban J connectivity index is 1.29. The molecule has 8 rings (SSSR count). The molecule has 5 aromatic rings. The number of likely N-dealkylation sites (N-methyl/N-ethyl adjacent to an activating group) is 1. The van der Waals surface area contributed by atoms with E-state index in [-0.39, 0.29) is 62.2 Å². The first-order valence-electron chi connectivity index (χ1n) is 22.7. The number of nitrogens with zero attached hydrogens (tertiary/aromatic N) is 3. The number of aliphatic hydroxyl groups is 2. The van der Waals surface area contributed by atoms with Gasteiger partial charge >= 0.3 is 0 Å². The maximum absolute atomic E-state index is 14.9. The van der Waals surface area contributed by atoms with Crippen LogP contribution in [0.3, 0.4) is 0 Å². The summed E-state index contributed by atoms with van der Waals surface area (Å²) in [5, 5.41) is 38.2. The van der Waals surface area contributed by atoms with Crippen LogP contribution in [0, 0.1) is 27.9 Å². The number of nitro groups is 1. The maximum atomic E-state index is 14.9. The molecule has 1 fully saturated rings. The zero-order chi connectivity index (χ0) is 46.2. The molecule has 1 amide bonds. The summed E-state index contributed by atoms with van der Waals surface area (Å²) < 4.78 is 21.0. The van der Waals surface area contributed by atoms with Crippen molar-refractivity contribution in [3.8, 4) is 17.2 Å². The van der Waals surface area contributed by atoms with Gasteiger partial charge in [0.05, 0.1) is 23.2 Å². The number of oxime groups is 1. The van der Waals surface area contributed by atoms with E-state index in [0.717, 1.165) is 52.5 Å². The number of unbranched alkanes of at least 4 members (excludes halogenated alkanes) is 2. The van der Waals surface area contributed by atoms with Crippen LogP contribution in [0.25, 0.3) is 10.8 Å². The van der Waals surface area contributed by atoms with E-state index in [1.807, 2.05) is 85.1 Å². The lowest BCUT2D eigenvalue weighted by Crippen LogP contribution is -2.69. The zero-order valence-corrected chi connectivity index (χ0v) is 38.2. The first kappa shape index (κ1) is 46.5. The molecule has 0 saturated heterocycles. The number of ether oxygens (including phenoxy) is 3. The Bertz CT molecular complexity index is 2580. The number of rotatable bonds is 20. The summed E-state index contributed by atoms with van der Waals surface area (Å²) >= 11 is 1.66. The number of hydrogen-bond donors (Lipinski definition) is 2. The van der Waals surface area contributed by atoms with Crippen LogP contribution in [-0.2, 0) is 16.2 Å². The van der Waals surface area contributed by atoms with Gasteiger partial charge in [-0.1, -0.05) is 60.5 Å². The van der Waals surface area contributed by atoms with Crippen molar-refractivity contribution in [3.05, 3.63) is 160 Å². The predicted molar refractivity (Wildman–Crippen MR) is 257 cm³/mol. The number of benzene rings is 5. The molecule has 5 aromatic carbocycles. The quantitative estimate of drug-likeness (QED) is 0.0254. The molecular formula is C53H57N3O9S. The highest BCUT2D eigenvalue weighted by molar-refractivity contribution is 7.98. The molecular weight excluding hydrogens is 855 g/mol. The van der Waals surface area contributed by atoms with Gasteiger partial charge in [0.1, 0.15) is 29.9 Å². The minimum atomic E-state index is -1.43. The number of nitro benzene ring substituents is 1. The first-order chi connectivity index (χ1) is 32.2. The summed E-state index contributed by atoms with van der Waals surface area (Å²) in [6, 6.07) is 33.0. The molecule has 66 heavy (non-hydrogen) atoms. The highest BCUT2D eigenvalue weighted by Gasteiger charge is 2.65. The summed E-state index contributed by atoms with van der Waals surface area (Å²) in [5.74, 6) is -0.380. The average molecular weight is 912 g/mol. The predicted octanol–water partition coefficient (Wildman–Crippen LogP) is 10.9. The third-order valence-corrected chi connectivity index (χ3v) is 14.0. The second-order valence-corrected chi connectivity index (χ2v) is 18.1.